The number of hydrogen-bond acceptors (Lipinski definition) is 4. The molecule has 1 aromatic carbocycles. The Morgan fingerprint density at radius 1 is 1.40 bits per heavy atom. The van der Waals surface area contributed by atoms with Gasteiger partial charge in [-0.05, 0) is 46.6 Å². The summed E-state index contributed by atoms with van der Waals surface area (Å²) in [6.45, 7) is 1.72. The highest BCUT2D eigenvalue weighted by atomic mass is 79.9. The first kappa shape index (κ1) is 14.7. The lowest BCUT2D eigenvalue weighted by Crippen LogP contribution is -2.16. The summed E-state index contributed by atoms with van der Waals surface area (Å²) in [7, 11) is -3.91. The van der Waals surface area contributed by atoms with Crippen LogP contribution >= 0.6 is 15.9 Å². The van der Waals surface area contributed by atoms with Gasteiger partial charge in [0.05, 0.1) is 15.8 Å². The third-order valence-electron chi connectivity index (χ3n) is 2.61. The summed E-state index contributed by atoms with van der Waals surface area (Å²) in [5.41, 5.74) is 6.47. The van der Waals surface area contributed by atoms with Crippen molar-refractivity contribution in [3.05, 3.63) is 46.4 Å². The second-order valence-corrected chi connectivity index (χ2v) is 6.61. The van der Waals surface area contributed by atoms with Crippen LogP contribution in [0, 0.1) is 12.7 Å². The number of nitrogens with one attached hydrogen (secondary N) is 1. The minimum Gasteiger partial charge on any atom is -0.398 e. The fourth-order valence-corrected chi connectivity index (χ4v) is 3.33. The molecule has 2 rings (SSSR count). The molecule has 1 aromatic heterocycles. The fraction of sp³-hybridized carbons (Fsp3) is 0.0833. The highest BCUT2D eigenvalue weighted by Gasteiger charge is 2.20. The molecule has 1 heterocycles. The van der Waals surface area contributed by atoms with E-state index in [4.69, 9.17) is 5.73 Å². The number of hydrogen-bond donors (Lipinski definition) is 2. The lowest BCUT2D eigenvalue weighted by atomic mass is 10.3. The number of pyridine rings is 1. The van der Waals surface area contributed by atoms with E-state index in [9.17, 15) is 12.8 Å². The van der Waals surface area contributed by atoms with Crippen molar-refractivity contribution in [1.82, 2.24) is 4.98 Å². The Bertz CT molecular complexity index is 765. The minimum atomic E-state index is -3.91. The molecule has 20 heavy (non-hydrogen) atoms. The molecule has 8 heteroatoms. The zero-order chi connectivity index (χ0) is 14.9. The number of rotatable bonds is 3. The summed E-state index contributed by atoms with van der Waals surface area (Å²) in [5, 5.41) is 0. The summed E-state index contributed by atoms with van der Waals surface area (Å²) in [5.74, 6) is -0.624. The highest BCUT2D eigenvalue weighted by molar-refractivity contribution is 9.10. The van der Waals surface area contributed by atoms with Crippen LogP contribution in [0.25, 0.3) is 0 Å². The zero-order valence-electron chi connectivity index (χ0n) is 10.4. The van der Waals surface area contributed by atoms with Gasteiger partial charge in [0, 0.05) is 12.4 Å². The van der Waals surface area contributed by atoms with Gasteiger partial charge in [0.1, 0.15) is 10.7 Å². The normalized spacial score (nSPS) is 11.3. The molecule has 0 bridgehead atoms. The molecule has 0 radical (unpaired) electrons. The van der Waals surface area contributed by atoms with E-state index in [1.807, 2.05) is 0 Å². The smallest absolute Gasteiger partial charge is 0.263 e. The lowest BCUT2D eigenvalue weighted by Gasteiger charge is -2.12. The number of halogens is 2. The van der Waals surface area contributed by atoms with E-state index in [2.05, 4.69) is 25.6 Å². The van der Waals surface area contributed by atoms with Crippen molar-refractivity contribution in [2.45, 2.75) is 11.8 Å². The summed E-state index contributed by atoms with van der Waals surface area (Å²) in [4.78, 5) is 3.68. The van der Waals surface area contributed by atoms with Crippen LogP contribution in [-0.2, 0) is 10.0 Å². The van der Waals surface area contributed by atoms with Gasteiger partial charge in [0.15, 0.2) is 0 Å². The average Bonchev–Trinajstić information content (AvgIpc) is 2.36. The average molecular weight is 360 g/mol. The minimum absolute atomic E-state index is 0.0264. The van der Waals surface area contributed by atoms with Crippen molar-refractivity contribution in [3.8, 4) is 0 Å². The third kappa shape index (κ3) is 2.91. The maximum absolute atomic E-state index is 13.3. The Kier molecular flexibility index (Phi) is 3.96. The van der Waals surface area contributed by atoms with E-state index in [0.29, 0.717) is 11.3 Å². The predicted molar refractivity (Wildman–Crippen MR) is 78.3 cm³/mol. The monoisotopic (exact) mass is 359 g/mol. The molecule has 5 nitrogen and oxygen atoms in total. The molecular formula is C12H11BrFN3O2S. The molecule has 106 valence electrons. The molecule has 0 spiro atoms. The zero-order valence-corrected chi connectivity index (χ0v) is 12.8. The molecule has 0 unspecified atom stereocenters. The van der Waals surface area contributed by atoms with Crippen LogP contribution in [0.4, 0.5) is 15.8 Å². The molecule has 0 aliphatic heterocycles. The number of aryl methyl sites for hydroxylation is 1. The molecule has 0 atom stereocenters. The van der Waals surface area contributed by atoms with Crippen molar-refractivity contribution in [3.63, 3.8) is 0 Å². The molecule has 3 N–H and O–H groups in total. The van der Waals surface area contributed by atoms with Crippen LogP contribution in [-0.4, -0.2) is 13.4 Å². The van der Waals surface area contributed by atoms with Crippen LogP contribution < -0.4 is 10.5 Å². The Morgan fingerprint density at radius 3 is 2.75 bits per heavy atom. The summed E-state index contributed by atoms with van der Waals surface area (Å²) in [6, 6.07) is 3.61. The molecule has 0 aliphatic carbocycles. The van der Waals surface area contributed by atoms with Gasteiger partial charge in [-0.2, -0.15) is 0 Å². The Hall–Kier alpha value is -1.67. The first-order valence-corrected chi connectivity index (χ1v) is 7.77. The largest absolute Gasteiger partial charge is 0.398 e. The standard InChI is InChI=1S/C12H11BrFN3O2S/c1-7-6-16-3-2-11(7)17-20(18,19)12-4-8(13)9(14)5-10(12)15/h2-6H,15H2,1H3,(H,16,17). The van der Waals surface area contributed by atoms with E-state index in [-0.39, 0.29) is 15.1 Å². The molecule has 0 amide bonds. The second-order valence-electron chi connectivity index (χ2n) is 4.10. The summed E-state index contributed by atoms with van der Waals surface area (Å²) in [6.07, 6.45) is 3.00. The van der Waals surface area contributed by atoms with E-state index >= 15 is 0 Å². The van der Waals surface area contributed by atoms with Crippen LogP contribution in [0.3, 0.4) is 0 Å². The third-order valence-corrected chi connectivity index (χ3v) is 4.64. The molecule has 0 aliphatic rings. The van der Waals surface area contributed by atoms with Gasteiger partial charge >= 0.3 is 0 Å². The maximum Gasteiger partial charge on any atom is 0.263 e. The topological polar surface area (TPSA) is 85.1 Å². The molecule has 0 fully saturated rings. The Labute approximate surface area is 124 Å². The van der Waals surface area contributed by atoms with Crippen molar-refractivity contribution in [2.75, 3.05) is 10.5 Å². The number of nitrogen functional groups attached to an aromatic ring is 1. The second kappa shape index (κ2) is 5.37. The molecule has 2 aromatic rings. The highest BCUT2D eigenvalue weighted by Crippen LogP contribution is 2.28. The maximum atomic E-state index is 13.3. The van der Waals surface area contributed by atoms with Gasteiger partial charge in [-0.3, -0.25) is 9.71 Å². The van der Waals surface area contributed by atoms with Crippen molar-refractivity contribution < 1.29 is 12.8 Å². The number of anilines is 2. The van der Waals surface area contributed by atoms with Gasteiger partial charge in [-0.15, -0.1) is 0 Å². The SMILES string of the molecule is Cc1cnccc1NS(=O)(=O)c1cc(Br)c(F)cc1N. The summed E-state index contributed by atoms with van der Waals surface area (Å²) >= 11 is 2.94. The lowest BCUT2D eigenvalue weighted by molar-refractivity contribution is 0.599. The van der Waals surface area contributed by atoms with Crippen LogP contribution in [0.1, 0.15) is 5.56 Å². The van der Waals surface area contributed by atoms with Crippen LogP contribution in [0.15, 0.2) is 40.0 Å². The van der Waals surface area contributed by atoms with Crippen LogP contribution in [0.5, 0.6) is 0 Å². The number of aromatic nitrogens is 1. The number of benzene rings is 1. The Balaban J connectivity index is 2.47. The number of nitrogens with zero attached hydrogens (tertiary/aromatic N) is 1. The molecular weight excluding hydrogens is 349 g/mol. The van der Waals surface area contributed by atoms with Gasteiger partial charge in [0.2, 0.25) is 0 Å². The van der Waals surface area contributed by atoms with E-state index in [0.717, 1.165) is 12.1 Å². The van der Waals surface area contributed by atoms with E-state index < -0.39 is 15.8 Å². The van der Waals surface area contributed by atoms with Gasteiger partial charge < -0.3 is 5.73 Å². The number of nitrogens with two attached hydrogens (primary N) is 1. The van der Waals surface area contributed by atoms with Gasteiger partial charge in [-0.1, -0.05) is 0 Å². The fourth-order valence-electron chi connectivity index (χ4n) is 1.56. The quantitative estimate of drug-likeness (QED) is 0.825. The van der Waals surface area contributed by atoms with E-state index in [1.54, 1.807) is 6.92 Å². The number of sulfonamides is 1. The van der Waals surface area contributed by atoms with Crippen molar-refractivity contribution >= 4 is 37.3 Å². The van der Waals surface area contributed by atoms with E-state index in [1.165, 1.54) is 18.5 Å². The van der Waals surface area contributed by atoms with Crippen molar-refractivity contribution in [2.24, 2.45) is 0 Å². The predicted octanol–water partition coefficient (Wildman–Crippen LogP) is 2.67. The molecule has 0 saturated carbocycles. The first-order chi connectivity index (χ1) is 9.31. The van der Waals surface area contributed by atoms with Gasteiger partial charge in [0.25, 0.3) is 10.0 Å². The van der Waals surface area contributed by atoms with Crippen LogP contribution in [0.2, 0.25) is 0 Å². The molecule has 0 saturated heterocycles. The van der Waals surface area contributed by atoms with Crippen molar-refractivity contribution in [1.29, 1.82) is 0 Å². The summed E-state index contributed by atoms with van der Waals surface area (Å²) < 4.78 is 40.3. The first-order valence-electron chi connectivity index (χ1n) is 5.49. The van der Waals surface area contributed by atoms with Gasteiger partial charge in [-0.25, -0.2) is 12.8 Å². The Morgan fingerprint density at radius 2 is 2.10 bits per heavy atom.